The summed E-state index contributed by atoms with van der Waals surface area (Å²) in [4.78, 5) is 21.9. The van der Waals surface area contributed by atoms with Gasteiger partial charge in [-0.3, -0.25) is 9.78 Å². The van der Waals surface area contributed by atoms with Gasteiger partial charge in [0.2, 0.25) is 0 Å². The third-order valence-corrected chi connectivity index (χ3v) is 2.56. The van der Waals surface area contributed by atoms with Crippen molar-refractivity contribution < 1.29 is 4.79 Å². The zero-order valence-electron chi connectivity index (χ0n) is 10.3. The zero-order valence-corrected chi connectivity index (χ0v) is 10.3. The molecule has 0 aromatic carbocycles. The molecule has 0 aliphatic carbocycles. The standard InChI is InChI=1S/C13H14N4O/c1-14-12-7-3-6-11(16-12)13(18)17(2)10-5-4-8-15-9-10/h3-9H,1-2H3,(H,14,16). The van der Waals surface area contributed by atoms with Crippen LogP contribution in [0.4, 0.5) is 11.5 Å². The van der Waals surface area contributed by atoms with Crippen molar-refractivity contribution in [3.63, 3.8) is 0 Å². The highest BCUT2D eigenvalue weighted by molar-refractivity contribution is 6.04. The van der Waals surface area contributed by atoms with Crippen molar-refractivity contribution >= 4 is 17.4 Å². The number of amides is 1. The molecule has 2 rings (SSSR count). The molecule has 18 heavy (non-hydrogen) atoms. The van der Waals surface area contributed by atoms with Gasteiger partial charge in [0.1, 0.15) is 11.5 Å². The first kappa shape index (κ1) is 12.0. The first-order valence-corrected chi connectivity index (χ1v) is 5.55. The van der Waals surface area contributed by atoms with E-state index in [9.17, 15) is 4.79 Å². The van der Waals surface area contributed by atoms with Gasteiger partial charge in [0.15, 0.2) is 0 Å². The molecule has 2 aromatic heterocycles. The smallest absolute Gasteiger partial charge is 0.276 e. The molecule has 2 aromatic rings. The van der Waals surface area contributed by atoms with E-state index in [1.807, 2.05) is 6.07 Å². The Labute approximate surface area is 105 Å². The average molecular weight is 242 g/mol. The van der Waals surface area contributed by atoms with Crippen LogP contribution in [0.25, 0.3) is 0 Å². The molecule has 0 aliphatic rings. The highest BCUT2D eigenvalue weighted by Crippen LogP contribution is 2.13. The molecule has 0 saturated carbocycles. The van der Waals surface area contributed by atoms with Crippen molar-refractivity contribution in [3.8, 4) is 0 Å². The summed E-state index contributed by atoms with van der Waals surface area (Å²) >= 11 is 0. The minimum absolute atomic E-state index is 0.167. The van der Waals surface area contributed by atoms with Crippen LogP contribution in [-0.2, 0) is 0 Å². The van der Waals surface area contributed by atoms with E-state index in [4.69, 9.17) is 0 Å². The molecular weight excluding hydrogens is 228 g/mol. The summed E-state index contributed by atoms with van der Waals surface area (Å²) in [5, 5.41) is 2.91. The summed E-state index contributed by atoms with van der Waals surface area (Å²) in [6.45, 7) is 0. The average Bonchev–Trinajstić information content (AvgIpc) is 2.46. The lowest BCUT2D eigenvalue weighted by molar-refractivity contribution is 0.0988. The highest BCUT2D eigenvalue weighted by Gasteiger charge is 2.14. The van der Waals surface area contributed by atoms with Crippen molar-refractivity contribution in [2.45, 2.75) is 0 Å². The number of hydrogen-bond acceptors (Lipinski definition) is 4. The third kappa shape index (κ3) is 2.45. The maximum absolute atomic E-state index is 12.2. The number of hydrogen-bond donors (Lipinski definition) is 1. The molecule has 0 bridgehead atoms. The topological polar surface area (TPSA) is 58.1 Å². The molecule has 0 aliphatic heterocycles. The van der Waals surface area contributed by atoms with Crippen LogP contribution in [0.15, 0.2) is 42.7 Å². The van der Waals surface area contributed by atoms with Gasteiger partial charge in [-0.25, -0.2) is 4.98 Å². The SMILES string of the molecule is CNc1cccc(C(=O)N(C)c2cccnc2)n1. The summed E-state index contributed by atoms with van der Waals surface area (Å²) in [7, 11) is 3.47. The lowest BCUT2D eigenvalue weighted by Crippen LogP contribution is -2.27. The van der Waals surface area contributed by atoms with E-state index in [0.717, 1.165) is 5.69 Å². The number of carbonyl (C=O) groups excluding carboxylic acids is 1. The number of rotatable bonds is 3. The van der Waals surface area contributed by atoms with Gasteiger partial charge >= 0.3 is 0 Å². The lowest BCUT2D eigenvalue weighted by Gasteiger charge is -2.16. The van der Waals surface area contributed by atoms with Gasteiger partial charge in [-0.1, -0.05) is 6.07 Å². The second-order valence-corrected chi connectivity index (χ2v) is 3.73. The largest absolute Gasteiger partial charge is 0.373 e. The first-order valence-electron chi connectivity index (χ1n) is 5.55. The lowest BCUT2D eigenvalue weighted by atomic mass is 10.3. The molecule has 0 fully saturated rings. The normalized spacial score (nSPS) is 9.89. The fourth-order valence-electron chi connectivity index (χ4n) is 1.53. The fourth-order valence-corrected chi connectivity index (χ4v) is 1.53. The molecule has 2 heterocycles. The van der Waals surface area contributed by atoms with E-state index in [0.29, 0.717) is 11.5 Å². The van der Waals surface area contributed by atoms with Crippen molar-refractivity contribution in [1.29, 1.82) is 0 Å². The minimum Gasteiger partial charge on any atom is -0.373 e. The molecule has 0 spiro atoms. The molecule has 1 amide bonds. The number of nitrogens with zero attached hydrogens (tertiary/aromatic N) is 3. The Morgan fingerprint density at radius 3 is 2.78 bits per heavy atom. The monoisotopic (exact) mass is 242 g/mol. The highest BCUT2D eigenvalue weighted by atomic mass is 16.2. The van der Waals surface area contributed by atoms with Crippen molar-refractivity contribution in [2.75, 3.05) is 24.3 Å². The number of aromatic nitrogens is 2. The first-order chi connectivity index (χ1) is 8.72. The summed E-state index contributed by atoms with van der Waals surface area (Å²) in [5.74, 6) is 0.500. The maximum Gasteiger partial charge on any atom is 0.276 e. The molecular formula is C13H14N4O. The molecule has 1 N–H and O–H groups in total. The van der Waals surface area contributed by atoms with Gasteiger partial charge in [-0.05, 0) is 24.3 Å². The van der Waals surface area contributed by atoms with Crippen LogP contribution >= 0.6 is 0 Å². The van der Waals surface area contributed by atoms with E-state index >= 15 is 0 Å². The van der Waals surface area contributed by atoms with Gasteiger partial charge in [-0.15, -0.1) is 0 Å². The Kier molecular flexibility index (Phi) is 3.52. The number of nitrogens with one attached hydrogen (secondary N) is 1. The van der Waals surface area contributed by atoms with E-state index in [1.165, 1.54) is 4.90 Å². The van der Waals surface area contributed by atoms with Crippen LogP contribution in [0.2, 0.25) is 0 Å². The fraction of sp³-hybridized carbons (Fsp3) is 0.154. The Bertz CT molecular complexity index is 542. The Morgan fingerprint density at radius 2 is 2.11 bits per heavy atom. The van der Waals surface area contributed by atoms with Crippen molar-refractivity contribution in [1.82, 2.24) is 9.97 Å². The van der Waals surface area contributed by atoms with E-state index in [2.05, 4.69) is 15.3 Å². The molecule has 0 radical (unpaired) electrons. The molecule has 0 atom stereocenters. The predicted molar refractivity (Wildman–Crippen MR) is 70.8 cm³/mol. The van der Waals surface area contributed by atoms with Gasteiger partial charge in [0.05, 0.1) is 11.9 Å². The number of anilines is 2. The number of carbonyl (C=O) groups is 1. The third-order valence-electron chi connectivity index (χ3n) is 2.56. The summed E-state index contributed by atoms with van der Waals surface area (Å²) in [6.07, 6.45) is 3.31. The predicted octanol–water partition coefficient (Wildman–Crippen LogP) is 1.79. The van der Waals surface area contributed by atoms with E-state index in [-0.39, 0.29) is 5.91 Å². The van der Waals surface area contributed by atoms with Crippen LogP contribution < -0.4 is 10.2 Å². The maximum atomic E-state index is 12.2. The molecule has 5 nitrogen and oxygen atoms in total. The van der Waals surface area contributed by atoms with Crippen LogP contribution in [0.3, 0.4) is 0 Å². The van der Waals surface area contributed by atoms with Crippen LogP contribution in [0.1, 0.15) is 10.5 Å². The number of pyridine rings is 2. The van der Waals surface area contributed by atoms with Crippen LogP contribution in [-0.4, -0.2) is 30.0 Å². The Morgan fingerprint density at radius 1 is 1.28 bits per heavy atom. The Hall–Kier alpha value is -2.43. The molecule has 0 unspecified atom stereocenters. The summed E-state index contributed by atoms with van der Waals surface area (Å²) < 4.78 is 0. The quantitative estimate of drug-likeness (QED) is 0.891. The molecule has 0 saturated heterocycles. The van der Waals surface area contributed by atoms with E-state index < -0.39 is 0 Å². The second-order valence-electron chi connectivity index (χ2n) is 3.73. The summed E-state index contributed by atoms with van der Waals surface area (Å²) in [6, 6.07) is 8.91. The van der Waals surface area contributed by atoms with Crippen molar-refractivity contribution in [3.05, 3.63) is 48.4 Å². The van der Waals surface area contributed by atoms with Crippen molar-refractivity contribution in [2.24, 2.45) is 0 Å². The van der Waals surface area contributed by atoms with Gasteiger partial charge < -0.3 is 10.2 Å². The van der Waals surface area contributed by atoms with E-state index in [1.54, 1.807) is 50.8 Å². The van der Waals surface area contributed by atoms with Gasteiger partial charge in [0.25, 0.3) is 5.91 Å². The molecule has 5 heteroatoms. The zero-order chi connectivity index (χ0) is 13.0. The van der Waals surface area contributed by atoms with Crippen LogP contribution in [0, 0.1) is 0 Å². The van der Waals surface area contributed by atoms with Gasteiger partial charge in [0, 0.05) is 20.3 Å². The van der Waals surface area contributed by atoms with Gasteiger partial charge in [-0.2, -0.15) is 0 Å². The Balaban J connectivity index is 2.25. The summed E-state index contributed by atoms with van der Waals surface area (Å²) in [5.41, 5.74) is 1.13. The minimum atomic E-state index is -0.167. The second kappa shape index (κ2) is 5.27. The molecule has 92 valence electrons. The van der Waals surface area contributed by atoms with Crippen LogP contribution in [0.5, 0.6) is 0 Å².